The van der Waals surface area contributed by atoms with Crippen molar-refractivity contribution in [3.05, 3.63) is 59.2 Å². The van der Waals surface area contributed by atoms with E-state index in [1.807, 2.05) is 6.07 Å². The number of hydrogen-bond donors (Lipinski definition) is 1. The Morgan fingerprint density at radius 3 is 2.60 bits per heavy atom. The van der Waals surface area contributed by atoms with Crippen molar-refractivity contribution in [2.24, 2.45) is 0 Å². The summed E-state index contributed by atoms with van der Waals surface area (Å²) in [6, 6.07) is 10.4. The van der Waals surface area contributed by atoms with Gasteiger partial charge in [-0.25, -0.2) is 8.78 Å². The van der Waals surface area contributed by atoms with Crippen LogP contribution in [-0.4, -0.2) is 7.05 Å². The van der Waals surface area contributed by atoms with Crippen molar-refractivity contribution in [1.29, 1.82) is 5.26 Å². The minimum atomic E-state index is -0.993. The SMILES string of the molecule is CNCc1ccc(Oc2ccc(F)c(F)c2)c(C#N)c1. The smallest absolute Gasteiger partial charge is 0.162 e. The first-order valence-electron chi connectivity index (χ1n) is 5.94. The molecule has 0 aromatic heterocycles. The first kappa shape index (κ1) is 14.0. The van der Waals surface area contributed by atoms with Crippen LogP contribution in [0.3, 0.4) is 0 Å². The fourth-order valence-corrected chi connectivity index (χ4v) is 1.73. The lowest BCUT2D eigenvalue weighted by Gasteiger charge is -2.09. The zero-order chi connectivity index (χ0) is 14.5. The molecule has 1 N–H and O–H groups in total. The Morgan fingerprint density at radius 1 is 1.15 bits per heavy atom. The lowest BCUT2D eigenvalue weighted by atomic mass is 10.1. The van der Waals surface area contributed by atoms with Crippen molar-refractivity contribution in [2.45, 2.75) is 6.54 Å². The monoisotopic (exact) mass is 274 g/mol. The van der Waals surface area contributed by atoms with Crippen LogP contribution in [0, 0.1) is 23.0 Å². The van der Waals surface area contributed by atoms with Crippen molar-refractivity contribution < 1.29 is 13.5 Å². The summed E-state index contributed by atoms with van der Waals surface area (Å²) in [6.07, 6.45) is 0. The Kier molecular flexibility index (Phi) is 4.28. The summed E-state index contributed by atoms with van der Waals surface area (Å²) in [6.45, 7) is 0.625. The summed E-state index contributed by atoms with van der Waals surface area (Å²) in [5, 5.41) is 12.1. The molecule has 0 atom stereocenters. The average Bonchev–Trinajstić information content (AvgIpc) is 2.45. The van der Waals surface area contributed by atoms with Crippen LogP contribution >= 0.6 is 0 Å². The van der Waals surface area contributed by atoms with E-state index in [-0.39, 0.29) is 5.75 Å². The molecular weight excluding hydrogens is 262 g/mol. The maximum Gasteiger partial charge on any atom is 0.162 e. The molecule has 0 spiro atoms. The molecule has 0 aliphatic carbocycles. The topological polar surface area (TPSA) is 45.0 Å². The van der Waals surface area contributed by atoms with Gasteiger partial charge in [0.15, 0.2) is 11.6 Å². The van der Waals surface area contributed by atoms with Crippen molar-refractivity contribution >= 4 is 0 Å². The van der Waals surface area contributed by atoms with Gasteiger partial charge in [0.05, 0.1) is 5.56 Å². The molecule has 0 fully saturated rings. The number of nitriles is 1. The second-order valence-electron chi connectivity index (χ2n) is 4.15. The van der Waals surface area contributed by atoms with Crippen LogP contribution in [0.4, 0.5) is 8.78 Å². The van der Waals surface area contributed by atoms with E-state index in [1.54, 1.807) is 25.2 Å². The molecule has 0 saturated heterocycles. The third kappa shape index (κ3) is 3.11. The van der Waals surface area contributed by atoms with Gasteiger partial charge in [0, 0.05) is 12.6 Å². The van der Waals surface area contributed by atoms with Gasteiger partial charge in [-0.15, -0.1) is 0 Å². The molecule has 0 heterocycles. The minimum Gasteiger partial charge on any atom is -0.456 e. The molecule has 2 aromatic carbocycles. The van der Waals surface area contributed by atoms with Gasteiger partial charge >= 0.3 is 0 Å². The average molecular weight is 274 g/mol. The molecule has 0 amide bonds. The molecule has 20 heavy (non-hydrogen) atoms. The van der Waals surface area contributed by atoms with Gasteiger partial charge in [-0.05, 0) is 36.9 Å². The Bertz CT molecular complexity index is 665. The maximum absolute atomic E-state index is 13.1. The highest BCUT2D eigenvalue weighted by atomic mass is 19.2. The van der Waals surface area contributed by atoms with Crippen LogP contribution in [-0.2, 0) is 6.54 Å². The van der Waals surface area contributed by atoms with Gasteiger partial charge in [0.1, 0.15) is 17.6 Å². The Hall–Kier alpha value is -2.45. The van der Waals surface area contributed by atoms with E-state index in [4.69, 9.17) is 10.00 Å². The Labute approximate surface area is 115 Å². The zero-order valence-electron chi connectivity index (χ0n) is 10.8. The van der Waals surface area contributed by atoms with Crippen molar-refractivity contribution in [2.75, 3.05) is 7.05 Å². The second-order valence-corrected chi connectivity index (χ2v) is 4.15. The molecule has 2 rings (SSSR count). The molecule has 2 aromatic rings. The van der Waals surface area contributed by atoms with Crippen molar-refractivity contribution in [3.8, 4) is 17.6 Å². The molecule has 5 heteroatoms. The van der Waals surface area contributed by atoms with Gasteiger partial charge in [-0.2, -0.15) is 5.26 Å². The van der Waals surface area contributed by atoms with E-state index in [0.717, 1.165) is 17.7 Å². The normalized spacial score (nSPS) is 10.1. The van der Waals surface area contributed by atoms with Gasteiger partial charge in [0.25, 0.3) is 0 Å². The van der Waals surface area contributed by atoms with Gasteiger partial charge in [-0.1, -0.05) is 6.07 Å². The fraction of sp³-hybridized carbons (Fsp3) is 0.133. The third-order valence-electron chi connectivity index (χ3n) is 2.66. The first-order chi connectivity index (χ1) is 9.63. The molecular formula is C15H12F2N2O. The summed E-state index contributed by atoms with van der Waals surface area (Å²) in [4.78, 5) is 0. The Morgan fingerprint density at radius 2 is 1.95 bits per heavy atom. The lowest BCUT2D eigenvalue weighted by molar-refractivity contribution is 0.460. The summed E-state index contributed by atoms with van der Waals surface area (Å²) in [5.41, 5.74) is 1.27. The van der Waals surface area contributed by atoms with Crippen molar-refractivity contribution in [3.63, 3.8) is 0 Å². The van der Waals surface area contributed by atoms with Crippen LogP contribution in [0.15, 0.2) is 36.4 Å². The van der Waals surface area contributed by atoms with Gasteiger partial charge in [-0.3, -0.25) is 0 Å². The maximum atomic E-state index is 13.1. The molecule has 0 aliphatic heterocycles. The standard InChI is InChI=1S/C15H12F2N2O/c1-19-9-10-2-5-15(11(6-10)8-18)20-12-3-4-13(16)14(17)7-12/h2-7,19H,9H2,1H3. The van der Waals surface area contributed by atoms with Crippen LogP contribution in [0.1, 0.15) is 11.1 Å². The van der Waals surface area contributed by atoms with E-state index < -0.39 is 11.6 Å². The number of nitrogens with zero attached hydrogens (tertiary/aromatic N) is 1. The molecule has 0 radical (unpaired) electrons. The number of halogens is 2. The second kappa shape index (κ2) is 6.13. The summed E-state index contributed by atoms with van der Waals surface area (Å²) < 4.78 is 31.4. The van der Waals surface area contributed by atoms with E-state index in [9.17, 15) is 8.78 Å². The van der Waals surface area contributed by atoms with Crippen LogP contribution in [0.25, 0.3) is 0 Å². The molecule has 3 nitrogen and oxygen atoms in total. The highest BCUT2D eigenvalue weighted by molar-refractivity contribution is 5.47. The van der Waals surface area contributed by atoms with Crippen LogP contribution in [0.2, 0.25) is 0 Å². The highest BCUT2D eigenvalue weighted by Gasteiger charge is 2.08. The zero-order valence-corrected chi connectivity index (χ0v) is 10.8. The van der Waals surface area contributed by atoms with Crippen molar-refractivity contribution in [1.82, 2.24) is 5.32 Å². The predicted octanol–water partition coefficient (Wildman–Crippen LogP) is 3.35. The van der Waals surface area contributed by atoms with E-state index >= 15 is 0 Å². The number of ether oxygens (including phenoxy) is 1. The van der Waals surface area contributed by atoms with Gasteiger partial charge < -0.3 is 10.1 Å². The van der Waals surface area contributed by atoms with Crippen LogP contribution in [0.5, 0.6) is 11.5 Å². The molecule has 0 saturated carbocycles. The number of hydrogen-bond acceptors (Lipinski definition) is 3. The predicted molar refractivity (Wildman–Crippen MR) is 70.4 cm³/mol. The lowest BCUT2D eigenvalue weighted by Crippen LogP contribution is -2.05. The van der Waals surface area contributed by atoms with E-state index in [1.165, 1.54) is 6.07 Å². The van der Waals surface area contributed by atoms with Gasteiger partial charge in [0.2, 0.25) is 0 Å². The fourth-order valence-electron chi connectivity index (χ4n) is 1.73. The van der Waals surface area contributed by atoms with E-state index in [0.29, 0.717) is 17.9 Å². The molecule has 0 unspecified atom stereocenters. The minimum absolute atomic E-state index is 0.141. The first-order valence-corrected chi connectivity index (χ1v) is 5.94. The Balaban J connectivity index is 2.28. The summed E-state index contributed by atoms with van der Waals surface area (Å²) in [5.74, 6) is -1.49. The number of nitrogens with one attached hydrogen (secondary N) is 1. The molecule has 0 bridgehead atoms. The molecule has 0 aliphatic rings. The van der Waals surface area contributed by atoms with E-state index in [2.05, 4.69) is 5.32 Å². The number of benzene rings is 2. The number of rotatable bonds is 4. The quantitative estimate of drug-likeness (QED) is 0.930. The largest absolute Gasteiger partial charge is 0.456 e. The summed E-state index contributed by atoms with van der Waals surface area (Å²) >= 11 is 0. The highest BCUT2D eigenvalue weighted by Crippen LogP contribution is 2.27. The summed E-state index contributed by atoms with van der Waals surface area (Å²) in [7, 11) is 1.80. The molecule has 102 valence electrons. The van der Waals surface area contributed by atoms with Crippen LogP contribution < -0.4 is 10.1 Å². The third-order valence-corrected chi connectivity index (χ3v) is 2.66.